The number of ether oxygens (including phenoxy) is 1. The zero-order chi connectivity index (χ0) is 11.4. The fourth-order valence-corrected chi connectivity index (χ4v) is 1.44. The molecule has 0 aliphatic rings. The lowest BCUT2D eigenvalue weighted by Crippen LogP contribution is -2.06. The van der Waals surface area contributed by atoms with E-state index in [0.29, 0.717) is 5.56 Å². The average Bonchev–Trinajstić information content (AvgIpc) is 2.17. The van der Waals surface area contributed by atoms with Gasteiger partial charge in [0.2, 0.25) is 0 Å². The predicted octanol–water partition coefficient (Wildman–Crippen LogP) is 2.76. The van der Waals surface area contributed by atoms with Gasteiger partial charge in [0, 0.05) is 0 Å². The number of hydrogen-bond acceptors (Lipinski definition) is 3. The zero-order valence-corrected chi connectivity index (χ0v) is 9.07. The Bertz CT molecular complexity index is 416. The largest absolute Gasteiger partial charge is 0.353 e. The number of nitriles is 1. The summed E-state index contributed by atoms with van der Waals surface area (Å²) in [5.41, 5.74) is 2.47. The van der Waals surface area contributed by atoms with Crippen molar-refractivity contribution in [3.8, 4) is 6.26 Å². The van der Waals surface area contributed by atoms with Crippen LogP contribution in [-0.4, -0.2) is 5.97 Å². The minimum atomic E-state index is -0.582. The summed E-state index contributed by atoms with van der Waals surface area (Å²) in [6.07, 6.45) is 1.40. The van der Waals surface area contributed by atoms with E-state index in [4.69, 9.17) is 5.26 Å². The van der Waals surface area contributed by atoms with Gasteiger partial charge in [0.25, 0.3) is 6.26 Å². The molecule has 0 aromatic heterocycles. The van der Waals surface area contributed by atoms with E-state index in [9.17, 15) is 4.79 Å². The van der Waals surface area contributed by atoms with Crippen LogP contribution in [0.15, 0.2) is 18.2 Å². The fraction of sp³-hybridized carbons (Fsp3) is 0.333. The molecule has 0 bridgehead atoms. The van der Waals surface area contributed by atoms with Crippen LogP contribution in [0.25, 0.3) is 0 Å². The average molecular weight is 203 g/mol. The molecular weight excluding hydrogens is 190 g/mol. The Hall–Kier alpha value is -1.82. The summed E-state index contributed by atoms with van der Waals surface area (Å²) in [6, 6.07) is 5.48. The summed E-state index contributed by atoms with van der Waals surface area (Å²) in [5.74, 6) is -0.354. The first-order chi connectivity index (χ1) is 7.06. The molecule has 0 aliphatic heterocycles. The molecule has 15 heavy (non-hydrogen) atoms. The van der Waals surface area contributed by atoms with E-state index in [1.54, 1.807) is 6.07 Å². The first-order valence-corrected chi connectivity index (χ1v) is 4.77. The van der Waals surface area contributed by atoms with Crippen LogP contribution in [0.5, 0.6) is 0 Å². The van der Waals surface area contributed by atoms with Gasteiger partial charge in [0.05, 0.1) is 5.56 Å². The maximum absolute atomic E-state index is 11.4. The molecule has 1 rings (SSSR count). The van der Waals surface area contributed by atoms with E-state index < -0.39 is 5.97 Å². The van der Waals surface area contributed by atoms with Crippen molar-refractivity contribution in [3.63, 3.8) is 0 Å². The monoisotopic (exact) mass is 203 g/mol. The van der Waals surface area contributed by atoms with E-state index in [2.05, 4.69) is 4.74 Å². The number of nitrogens with zero attached hydrogens (tertiary/aromatic N) is 1. The Morgan fingerprint density at radius 2 is 2.13 bits per heavy atom. The number of benzene rings is 1. The molecule has 0 saturated heterocycles. The second-order valence-corrected chi connectivity index (χ2v) is 3.73. The molecule has 0 saturated carbocycles. The Morgan fingerprint density at radius 3 is 2.67 bits per heavy atom. The van der Waals surface area contributed by atoms with Crippen molar-refractivity contribution >= 4 is 5.97 Å². The minimum Gasteiger partial charge on any atom is -0.347 e. The van der Waals surface area contributed by atoms with Gasteiger partial charge in [-0.15, -0.1) is 5.26 Å². The Labute approximate surface area is 89.3 Å². The Balaban J connectivity index is 3.18. The molecule has 1 aromatic rings. The molecular formula is C12H13NO2. The van der Waals surface area contributed by atoms with Gasteiger partial charge in [-0.1, -0.05) is 31.5 Å². The molecule has 0 unspecified atom stereocenters. The van der Waals surface area contributed by atoms with Gasteiger partial charge in [0.15, 0.2) is 0 Å². The second kappa shape index (κ2) is 4.61. The summed E-state index contributed by atoms with van der Waals surface area (Å²) in [7, 11) is 0. The number of hydrogen-bond donors (Lipinski definition) is 0. The van der Waals surface area contributed by atoms with Gasteiger partial charge < -0.3 is 4.74 Å². The first kappa shape index (κ1) is 11.3. The van der Waals surface area contributed by atoms with Crippen LogP contribution in [0.4, 0.5) is 0 Å². The normalized spacial score (nSPS) is 9.80. The van der Waals surface area contributed by atoms with E-state index in [1.165, 1.54) is 6.26 Å². The van der Waals surface area contributed by atoms with Crippen LogP contribution in [0.1, 0.15) is 41.3 Å². The van der Waals surface area contributed by atoms with Crippen molar-refractivity contribution in [2.24, 2.45) is 0 Å². The molecule has 0 amide bonds. The van der Waals surface area contributed by atoms with E-state index >= 15 is 0 Å². The first-order valence-electron chi connectivity index (χ1n) is 4.77. The third-order valence-electron chi connectivity index (χ3n) is 2.19. The summed E-state index contributed by atoms with van der Waals surface area (Å²) < 4.78 is 4.33. The van der Waals surface area contributed by atoms with Crippen LogP contribution in [-0.2, 0) is 4.74 Å². The van der Waals surface area contributed by atoms with Crippen molar-refractivity contribution in [3.05, 3.63) is 34.9 Å². The third kappa shape index (κ3) is 2.57. The molecule has 0 atom stereocenters. The Kier molecular flexibility index (Phi) is 3.46. The fourth-order valence-electron chi connectivity index (χ4n) is 1.44. The summed E-state index contributed by atoms with van der Waals surface area (Å²) in [6.45, 7) is 5.96. The lowest BCUT2D eigenvalue weighted by atomic mass is 9.95. The lowest BCUT2D eigenvalue weighted by Gasteiger charge is -2.10. The smallest absolute Gasteiger partial charge is 0.347 e. The lowest BCUT2D eigenvalue weighted by molar-refractivity contribution is 0.0683. The highest BCUT2D eigenvalue weighted by molar-refractivity contribution is 5.92. The van der Waals surface area contributed by atoms with Crippen molar-refractivity contribution < 1.29 is 9.53 Å². The molecule has 3 heteroatoms. The number of rotatable bonds is 2. The van der Waals surface area contributed by atoms with Crippen LogP contribution in [0, 0.1) is 18.4 Å². The number of esters is 1. The van der Waals surface area contributed by atoms with E-state index in [-0.39, 0.29) is 5.92 Å². The number of carbonyl (C=O) groups is 1. The van der Waals surface area contributed by atoms with Crippen LogP contribution in [0.3, 0.4) is 0 Å². The quantitative estimate of drug-likeness (QED) is 0.548. The maximum Gasteiger partial charge on any atom is 0.353 e. The standard InChI is InChI=1S/C12H13NO2/c1-8(2)11-6-9(3)4-5-10(11)12(14)15-7-13/h4-6,8H,1-3H3. The zero-order valence-electron chi connectivity index (χ0n) is 9.07. The highest BCUT2D eigenvalue weighted by Gasteiger charge is 2.15. The van der Waals surface area contributed by atoms with Crippen molar-refractivity contribution in [2.75, 3.05) is 0 Å². The third-order valence-corrected chi connectivity index (χ3v) is 2.19. The highest BCUT2D eigenvalue weighted by atomic mass is 16.5. The predicted molar refractivity (Wildman–Crippen MR) is 56.3 cm³/mol. The molecule has 0 heterocycles. The molecule has 3 nitrogen and oxygen atoms in total. The van der Waals surface area contributed by atoms with Crippen molar-refractivity contribution in [1.29, 1.82) is 5.26 Å². The summed E-state index contributed by atoms with van der Waals surface area (Å²) in [5, 5.41) is 8.29. The number of aryl methyl sites for hydroxylation is 1. The molecule has 0 aliphatic carbocycles. The molecule has 0 fully saturated rings. The maximum atomic E-state index is 11.4. The topological polar surface area (TPSA) is 50.1 Å². The second-order valence-electron chi connectivity index (χ2n) is 3.73. The molecule has 0 N–H and O–H groups in total. The minimum absolute atomic E-state index is 0.228. The molecule has 0 spiro atoms. The molecule has 78 valence electrons. The SMILES string of the molecule is Cc1ccc(C(=O)OC#N)c(C(C)C)c1. The molecule has 1 aromatic carbocycles. The van der Waals surface area contributed by atoms with Crippen LogP contribution in [0.2, 0.25) is 0 Å². The van der Waals surface area contributed by atoms with Gasteiger partial charge >= 0.3 is 5.97 Å². The highest BCUT2D eigenvalue weighted by Crippen LogP contribution is 2.21. The van der Waals surface area contributed by atoms with Gasteiger partial charge in [0.1, 0.15) is 0 Å². The van der Waals surface area contributed by atoms with Crippen LogP contribution < -0.4 is 0 Å². The Morgan fingerprint density at radius 1 is 1.47 bits per heavy atom. The van der Waals surface area contributed by atoms with Gasteiger partial charge in [-0.2, -0.15) is 0 Å². The van der Waals surface area contributed by atoms with Gasteiger partial charge in [-0.25, -0.2) is 4.79 Å². The summed E-state index contributed by atoms with van der Waals surface area (Å²) >= 11 is 0. The summed E-state index contributed by atoms with van der Waals surface area (Å²) in [4.78, 5) is 11.4. The number of carbonyl (C=O) groups excluding carboxylic acids is 1. The van der Waals surface area contributed by atoms with Crippen molar-refractivity contribution in [2.45, 2.75) is 26.7 Å². The van der Waals surface area contributed by atoms with Gasteiger partial charge in [-0.3, -0.25) is 0 Å². The van der Waals surface area contributed by atoms with Gasteiger partial charge in [-0.05, 0) is 24.5 Å². The molecule has 0 radical (unpaired) electrons. The van der Waals surface area contributed by atoms with Crippen LogP contribution >= 0.6 is 0 Å². The van der Waals surface area contributed by atoms with Crippen molar-refractivity contribution in [1.82, 2.24) is 0 Å². The van der Waals surface area contributed by atoms with E-state index in [1.807, 2.05) is 32.9 Å². The van der Waals surface area contributed by atoms with E-state index in [0.717, 1.165) is 11.1 Å².